The summed E-state index contributed by atoms with van der Waals surface area (Å²) in [6, 6.07) is 19.6. The van der Waals surface area contributed by atoms with Gasteiger partial charge in [0.15, 0.2) is 0 Å². The highest BCUT2D eigenvalue weighted by atomic mass is 35.5. The summed E-state index contributed by atoms with van der Waals surface area (Å²) in [5.74, 6) is -0.779. The van der Waals surface area contributed by atoms with Crippen LogP contribution in [0.3, 0.4) is 0 Å². The van der Waals surface area contributed by atoms with Crippen LogP contribution in [-0.4, -0.2) is 44.3 Å². The van der Waals surface area contributed by atoms with Crippen LogP contribution < -0.4 is 9.62 Å². The second-order valence-corrected chi connectivity index (χ2v) is 11.9. The third-order valence-electron chi connectivity index (χ3n) is 6.65. The number of carbonyl (C=O) groups excluding carboxylic acids is 2. The summed E-state index contributed by atoms with van der Waals surface area (Å²) < 4.78 is 28.8. The molecule has 3 rings (SSSR count). The Balaban J connectivity index is 2.01. The standard InChI is InChI=1S/C30H36ClN3O4S/c1-5-6-18-32-30(36)24(4)33(20-25-10-8-7-9-11-25)29(35)21-34(27-15-12-22(2)23(3)19-27)39(37,38)28-16-13-26(31)14-17-28/h7-17,19,24H,5-6,18,20-21H2,1-4H3,(H,32,36). The summed E-state index contributed by atoms with van der Waals surface area (Å²) in [6.45, 7) is 7.70. The normalized spacial score (nSPS) is 12.0. The first-order valence-electron chi connectivity index (χ1n) is 13.0. The van der Waals surface area contributed by atoms with E-state index in [1.54, 1.807) is 19.1 Å². The van der Waals surface area contributed by atoms with E-state index in [2.05, 4.69) is 5.32 Å². The van der Waals surface area contributed by atoms with E-state index in [1.807, 2.05) is 57.2 Å². The van der Waals surface area contributed by atoms with Crippen molar-refractivity contribution in [2.45, 2.75) is 58.0 Å². The molecule has 0 aliphatic carbocycles. The molecule has 1 N–H and O–H groups in total. The molecular formula is C30H36ClN3O4S. The molecule has 1 atom stereocenters. The van der Waals surface area contributed by atoms with Crippen LogP contribution in [0.15, 0.2) is 77.7 Å². The summed E-state index contributed by atoms with van der Waals surface area (Å²) >= 11 is 6.00. The van der Waals surface area contributed by atoms with E-state index < -0.39 is 28.5 Å². The van der Waals surface area contributed by atoms with E-state index in [1.165, 1.54) is 29.2 Å². The van der Waals surface area contributed by atoms with E-state index in [4.69, 9.17) is 11.6 Å². The first kappa shape index (κ1) is 30.2. The Hall–Kier alpha value is -3.36. The smallest absolute Gasteiger partial charge is 0.264 e. The summed E-state index contributed by atoms with van der Waals surface area (Å²) in [5.41, 5.74) is 3.08. The van der Waals surface area contributed by atoms with Crippen molar-refractivity contribution >= 4 is 39.1 Å². The maximum Gasteiger partial charge on any atom is 0.264 e. The fraction of sp³-hybridized carbons (Fsp3) is 0.333. The van der Waals surface area contributed by atoms with Gasteiger partial charge in [0.2, 0.25) is 11.8 Å². The molecule has 39 heavy (non-hydrogen) atoms. The van der Waals surface area contributed by atoms with Gasteiger partial charge in [0.05, 0.1) is 10.6 Å². The lowest BCUT2D eigenvalue weighted by atomic mass is 10.1. The van der Waals surface area contributed by atoms with Crippen molar-refractivity contribution < 1.29 is 18.0 Å². The molecule has 9 heteroatoms. The molecule has 3 aromatic carbocycles. The third-order valence-corrected chi connectivity index (χ3v) is 8.69. The minimum atomic E-state index is -4.14. The molecule has 0 heterocycles. The second-order valence-electron chi connectivity index (χ2n) is 9.56. The third kappa shape index (κ3) is 7.83. The van der Waals surface area contributed by atoms with Crippen molar-refractivity contribution in [1.82, 2.24) is 10.2 Å². The van der Waals surface area contributed by atoms with Crippen LogP contribution >= 0.6 is 11.6 Å². The van der Waals surface area contributed by atoms with Gasteiger partial charge in [-0.05, 0) is 80.3 Å². The Labute approximate surface area is 236 Å². The van der Waals surface area contributed by atoms with Crippen LogP contribution in [0, 0.1) is 13.8 Å². The van der Waals surface area contributed by atoms with Crippen LogP contribution in [0.1, 0.15) is 43.4 Å². The number of unbranched alkanes of at least 4 members (excludes halogenated alkanes) is 1. The first-order chi connectivity index (χ1) is 18.5. The van der Waals surface area contributed by atoms with Crippen molar-refractivity contribution in [1.29, 1.82) is 0 Å². The van der Waals surface area contributed by atoms with Gasteiger partial charge in [0.25, 0.3) is 10.0 Å². The molecule has 7 nitrogen and oxygen atoms in total. The largest absolute Gasteiger partial charge is 0.354 e. The molecule has 0 aromatic heterocycles. The Kier molecular flexibility index (Phi) is 10.5. The van der Waals surface area contributed by atoms with Crippen molar-refractivity contribution in [3.05, 3.63) is 94.5 Å². The van der Waals surface area contributed by atoms with E-state index in [9.17, 15) is 18.0 Å². The van der Waals surface area contributed by atoms with Gasteiger partial charge in [-0.2, -0.15) is 0 Å². The zero-order valence-electron chi connectivity index (χ0n) is 22.9. The van der Waals surface area contributed by atoms with Crippen LogP contribution in [0.2, 0.25) is 5.02 Å². The van der Waals surface area contributed by atoms with Crippen molar-refractivity contribution in [2.75, 3.05) is 17.4 Å². The predicted molar refractivity (Wildman–Crippen MR) is 156 cm³/mol. The molecule has 1 unspecified atom stereocenters. The maximum absolute atomic E-state index is 13.9. The van der Waals surface area contributed by atoms with Crippen LogP contribution in [0.25, 0.3) is 0 Å². The van der Waals surface area contributed by atoms with Crippen LogP contribution in [-0.2, 0) is 26.2 Å². The highest BCUT2D eigenvalue weighted by molar-refractivity contribution is 7.92. The van der Waals surface area contributed by atoms with Gasteiger partial charge in [0, 0.05) is 18.1 Å². The molecule has 0 spiro atoms. The Morgan fingerprint density at radius 1 is 0.949 bits per heavy atom. The average molecular weight is 570 g/mol. The second kappa shape index (κ2) is 13.6. The van der Waals surface area contributed by atoms with Gasteiger partial charge in [-0.15, -0.1) is 0 Å². The lowest BCUT2D eigenvalue weighted by molar-refractivity contribution is -0.139. The van der Waals surface area contributed by atoms with Gasteiger partial charge in [0.1, 0.15) is 12.6 Å². The fourth-order valence-corrected chi connectivity index (χ4v) is 5.57. The summed E-state index contributed by atoms with van der Waals surface area (Å²) in [5, 5.41) is 3.29. The number of nitrogens with zero attached hydrogens (tertiary/aromatic N) is 2. The molecular weight excluding hydrogens is 534 g/mol. The molecule has 0 aliphatic rings. The van der Waals surface area contributed by atoms with Gasteiger partial charge in [-0.3, -0.25) is 13.9 Å². The lowest BCUT2D eigenvalue weighted by Gasteiger charge is -2.32. The minimum absolute atomic E-state index is 0.0119. The number of benzene rings is 3. The predicted octanol–water partition coefficient (Wildman–Crippen LogP) is 5.49. The Morgan fingerprint density at radius 2 is 1.62 bits per heavy atom. The topological polar surface area (TPSA) is 86.8 Å². The molecule has 0 saturated heterocycles. The number of hydrogen-bond acceptors (Lipinski definition) is 4. The molecule has 208 valence electrons. The van der Waals surface area contributed by atoms with Crippen molar-refractivity contribution in [3.63, 3.8) is 0 Å². The molecule has 0 saturated carbocycles. The van der Waals surface area contributed by atoms with Crippen molar-refractivity contribution in [3.8, 4) is 0 Å². The number of nitrogens with one attached hydrogen (secondary N) is 1. The number of aryl methyl sites for hydroxylation is 2. The monoisotopic (exact) mass is 569 g/mol. The number of amides is 2. The number of sulfonamides is 1. The van der Waals surface area contributed by atoms with Crippen LogP contribution in [0.5, 0.6) is 0 Å². The van der Waals surface area contributed by atoms with Crippen LogP contribution in [0.4, 0.5) is 5.69 Å². The van der Waals surface area contributed by atoms with Gasteiger partial charge in [-0.1, -0.05) is 61.3 Å². The molecule has 0 radical (unpaired) electrons. The van der Waals surface area contributed by atoms with E-state index in [-0.39, 0.29) is 17.3 Å². The number of halogens is 1. The summed E-state index contributed by atoms with van der Waals surface area (Å²) in [6.07, 6.45) is 1.75. The summed E-state index contributed by atoms with van der Waals surface area (Å²) in [7, 11) is -4.14. The molecule has 0 bridgehead atoms. The van der Waals surface area contributed by atoms with Crippen molar-refractivity contribution in [2.24, 2.45) is 0 Å². The van der Waals surface area contributed by atoms with E-state index in [0.29, 0.717) is 17.3 Å². The minimum Gasteiger partial charge on any atom is -0.354 e. The molecule has 0 aliphatic heterocycles. The summed E-state index contributed by atoms with van der Waals surface area (Å²) in [4.78, 5) is 28.3. The van der Waals surface area contributed by atoms with E-state index in [0.717, 1.165) is 33.8 Å². The van der Waals surface area contributed by atoms with E-state index >= 15 is 0 Å². The maximum atomic E-state index is 13.9. The zero-order valence-corrected chi connectivity index (χ0v) is 24.4. The average Bonchev–Trinajstić information content (AvgIpc) is 2.92. The number of carbonyl (C=O) groups is 2. The SMILES string of the molecule is CCCCNC(=O)C(C)N(Cc1ccccc1)C(=O)CN(c1ccc(C)c(C)c1)S(=O)(=O)c1ccc(Cl)cc1. The highest BCUT2D eigenvalue weighted by Crippen LogP contribution is 2.27. The Morgan fingerprint density at radius 3 is 2.23 bits per heavy atom. The zero-order chi connectivity index (χ0) is 28.6. The quantitative estimate of drug-likeness (QED) is 0.292. The fourth-order valence-electron chi connectivity index (χ4n) is 4.04. The Bertz CT molecular complexity index is 1380. The number of anilines is 1. The number of rotatable bonds is 12. The van der Waals surface area contributed by atoms with Gasteiger partial charge >= 0.3 is 0 Å². The highest BCUT2D eigenvalue weighted by Gasteiger charge is 2.32. The van der Waals surface area contributed by atoms with Gasteiger partial charge in [-0.25, -0.2) is 8.42 Å². The molecule has 0 fully saturated rings. The van der Waals surface area contributed by atoms with Gasteiger partial charge < -0.3 is 10.2 Å². The number of hydrogen-bond donors (Lipinski definition) is 1. The molecule has 2 amide bonds. The lowest BCUT2D eigenvalue weighted by Crippen LogP contribution is -2.51. The molecule has 3 aromatic rings. The first-order valence-corrected chi connectivity index (χ1v) is 14.8.